The third kappa shape index (κ3) is 3.15. The summed E-state index contributed by atoms with van der Waals surface area (Å²) in [5.74, 6) is 0.638. The number of nitrogens with one attached hydrogen (secondary N) is 2. The van der Waals surface area contributed by atoms with E-state index >= 15 is 0 Å². The van der Waals surface area contributed by atoms with Crippen molar-refractivity contribution < 1.29 is 4.42 Å². The maximum absolute atomic E-state index is 6.08. The first-order valence-electron chi connectivity index (χ1n) is 6.31. The summed E-state index contributed by atoms with van der Waals surface area (Å²) in [5.41, 5.74) is 3.12. The number of hydrogen-bond acceptors (Lipinski definition) is 3. The van der Waals surface area contributed by atoms with Crippen LogP contribution in [0.1, 0.15) is 5.89 Å². The van der Waals surface area contributed by atoms with Gasteiger partial charge in [0.2, 0.25) is 0 Å². The number of fused-ring (bicyclic) bond motifs is 1. The summed E-state index contributed by atoms with van der Waals surface area (Å²) in [5, 5.41) is 7.22. The molecule has 0 unspecified atom stereocenters. The van der Waals surface area contributed by atoms with E-state index in [1.165, 1.54) is 0 Å². The smallest absolute Gasteiger partial charge is 0.192 e. The normalized spacial score (nSPS) is 10.6. The molecule has 1 aromatic heterocycles. The molecule has 0 radical (unpaired) electrons. The molecule has 0 aliphatic heterocycles. The quantitative estimate of drug-likeness (QED) is 0.677. The SMILES string of the molecule is Cc1nc2ccc(NC(=S)Nc3ccccc3Cl)cc2o1. The minimum atomic E-state index is 0.457. The first-order valence-corrected chi connectivity index (χ1v) is 7.10. The predicted molar refractivity (Wildman–Crippen MR) is 90.0 cm³/mol. The van der Waals surface area contributed by atoms with E-state index in [9.17, 15) is 0 Å². The number of halogens is 1. The number of oxazole rings is 1. The molecule has 2 N–H and O–H groups in total. The zero-order valence-corrected chi connectivity index (χ0v) is 12.8. The summed E-state index contributed by atoms with van der Waals surface area (Å²) in [6.45, 7) is 1.82. The fourth-order valence-corrected chi connectivity index (χ4v) is 2.38. The van der Waals surface area contributed by atoms with Crippen molar-refractivity contribution in [1.82, 2.24) is 4.98 Å². The van der Waals surface area contributed by atoms with Gasteiger partial charge < -0.3 is 15.1 Å². The van der Waals surface area contributed by atoms with Gasteiger partial charge in [-0.1, -0.05) is 23.7 Å². The average molecular weight is 318 g/mol. The summed E-state index contributed by atoms with van der Waals surface area (Å²) >= 11 is 11.4. The first-order chi connectivity index (χ1) is 10.1. The Hall–Kier alpha value is -2.11. The summed E-state index contributed by atoms with van der Waals surface area (Å²) < 4.78 is 5.49. The number of benzene rings is 2. The standard InChI is InChI=1S/C15H12ClN3OS/c1-9-17-13-7-6-10(8-14(13)20-9)18-15(21)19-12-5-3-2-4-11(12)16/h2-8H,1H3,(H2,18,19,21). The van der Waals surface area contributed by atoms with E-state index in [0.717, 1.165) is 22.5 Å². The van der Waals surface area contributed by atoms with Gasteiger partial charge in [0.15, 0.2) is 16.6 Å². The highest BCUT2D eigenvalue weighted by Crippen LogP contribution is 2.22. The highest BCUT2D eigenvalue weighted by molar-refractivity contribution is 7.80. The van der Waals surface area contributed by atoms with Crippen LogP contribution in [-0.2, 0) is 0 Å². The molecular weight excluding hydrogens is 306 g/mol. The predicted octanol–water partition coefficient (Wildman–Crippen LogP) is 4.60. The van der Waals surface area contributed by atoms with E-state index < -0.39 is 0 Å². The van der Waals surface area contributed by atoms with Crippen molar-refractivity contribution >= 4 is 51.4 Å². The van der Waals surface area contributed by atoms with Gasteiger partial charge in [0, 0.05) is 18.7 Å². The molecule has 0 atom stereocenters. The van der Waals surface area contributed by atoms with Crippen LogP contribution in [0, 0.1) is 6.92 Å². The largest absolute Gasteiger partial charge is 0.441 e. The lowest BCUT2D eigenvalue weighted by atomic mass is 10.3. The molecule has 3 aromatic rings. The molecule has 0 spiro atoms. The van der Waals surface area contributed by atoms with Crippen molar-refractivity contribution in [2.45, 2.75) is 6.92 Å². The second kappa shape index (κ2) is 5.71. The highest BCUT2D eigenvalue weighted by atomic mass is 35.5. The molecule has 1 heterocycles. The Labute approximate surface area is 132 Å². The lowest BCUT2D eigenvalue weighted by Crippen LogP contribution is -2.19. The molecule has 0 bridgehead atoms. The van der Waals surface area contributed by atoms with Crippen molar-refractivity contribution in [3.8, 4) is 0 Å². The Morgan fingerprint density at radius 1 is 1.19 bits per heavy atom. The van der Waals surface area contributed by atoms with E-state index in [-0.39, 0.29) is 0 Å². The first kappa shape index (κ1) is 13.9. The van der Waals surface area contributed by atoms with Crippen LogP contribution in [0.3, 0.4) is 0 Å². The van der Waals surface area contributed by atoms with Gasteiger partial charge in [0.1, 0.15) is 5.52 Å². The Kier molecular flexibility index (Phi) is 3.77. The van der Waals surface area contributed by atoms with E-state index in [1.807, 2.05) is 43.3 Å². The molecule has 0 aliphatic rings. The molecule has 2 aromatic carbocycles. The fraction of sp³-hybridized carbons (Fsp3) is 0.0667. The minimum absolute atomic E-state index is 0.457. The van der Waals surface area contributed by atoms with Gasteiger partial charge in [-0.05, 0) is 36.5 Å². The van der Waals surface area contributed by atoms with Gasteiger partial charge in [-0.15, -0.1) is 0 Å². The Bertz CT molecular complexity index is 816. The van der Waals surface area contributed by atoms with Crippen LogP contribution < -0.4 is 10.6 Å². The lowest BCUT2D eigenvalue weighted by molar-refractivity contribution is 0.561. The zero-order valence-electron chi connectivity index (χ0n) is 11.2. The topological polar surface area (TPSA) is 50.1 Å². The molecule has 106 valence electrons. The number of anilines is 2. The number of hydrogen-bond donors (Lipinski definition) is 2. The average Bonchev–Trinajstić information content (AvgIpc) is 2.80. The lowest BCUT2D eigenvalue weighted by Gasteiger charge is -2.11. The fourth-order valence-electron chi connectivity index (χ4n) is 1.96. The van der Waals surface area contributed by atoms with Crippen molar-refractivity contribution in [1.29, 1.82) is 0 Å². The van der Waals surface area contributed by atoms with Crippen molar-refractivity contribution in [2.24, 2.45) is 0 Å². The molecule has 6 heteroatoms. The van der Waals surface area contributed by atoms with Crippen LogP contribution in [0.25, 0.3) is 11.1 Å². The molecule has 0 saturated heterocycles. The van der Waals surface area contributed by atoms with Gasteiger partial charge in [-0.3, -0.25) is 0 Å². The van der Waals surface area contributed by atoms with Crippen molar-refractivity contribution in [3.63, 3.8) is 0 Å². The minimum Gasteiger partial charge on any atom is -0.441 e. The number of aryl methyl sites for hydroxylation is 1. The van der Waals surface area contributed by atoms with Gasteiger partial charge >= 0.3 is 0 Å². The molecule has 0 saturated carbocycles. The summed E-state index contributed by atoms with van der Waals surface area (Å²) in [6.07, 6.45) is 0. The van der Waals surface area contributed by atoms with Gasteiger partial charge in [0.05, 0.1) is 10.7 Å². The maximum Gasteiger partial charge on any atom is 0.192 e. The Morgan fingerprint density at radius 2 is 2.00 bits per heavy atom. The number of rotatable bonds is 2. The number of thiocarbonyl (C=S) groups is 1. The number of nitrogens with zero attached hydrogens (tertiary/aromatic N) is 1. The number of para-hydroxylation sites is 1. The van der Waals surface area contributed by atoms with Crippen LogP contribution in [0.15, 0.2) is 46.9 Å². The Morgan fingerprint density at radius 3 is 2.81 bits per heavy atom. The summed E-state index contributed by atoms with van der Waals surface area (Å²) in [6, 6.07) is 13.0. The van der Waals surface area contributed by atoms with Gasteiger partial charge in [0.25, 0.3) is 0 Å². The van der Waals surface area contributed by atoms with Crippen molar-refractivity contribution in [2.75, 3.05) is 10.6 Å². The molecule has 21 heavy (non-hydrogen) atoms. The van der Waals surface area contributed by atoms with Crippen LogP contribution in [0.5, 0.6) is 0 Å². The van der Waals surface area contributed by atoms with Crippen LogP contribution in [-0.4, -0.2) is 10.1 Å². The van der Waals surface area contributed by atoms with Gasteiger partial charge in [-0.25, -0.2) is 4.98 Å². The summed E-state index contributed by atoms with van der Waals surface area (Å²) in [4.78, 5) is 4.25. The second-order valence-corrected chi connectivity index (χ2v) is 5.29. The third-order valence-electron chi connectivity index (χ3n) is 2.88. The summed E-state index contributed by atoms with van der Waals surface area (Å²) in [7, 11) is 0. The van der Waals surface area contributed by atoms with E-state index in [4.69, 9.17) is 28.2 Å². The molecule has 0 amide bonds. The third-order valence-corrected chi connectivity index (χ3v) is 3.41. The van der Waals surface area contributed by atoms with E-state index in [0.29, 0.717) is 16.0 Å². The van der Waals surface area contributed by atoms with Crippen LogP contribution in [0.4, 0.5) is 11.4 Å². The molecular formula is C15H12ClN3OS. The van der Waals surface area contributed by atoms with Gasteiger partial charge in [-0.2, -0.15) is 0 Å². The Balaban J connectivity index is 1.75. The number of aromatic nitrogens is 1. The molecule has 3 rings (SSSR count). The van der Waals surface area contributed by atoms with Crippen molar-refractivity contribution in [3.05, 3.63) is 53.4 Å². The maximum atomic E-state index is 6.08. The zero-order chi connectivity index (χ0) is 14.8. The highest BCUT2D eigenvalue weighted by Gasteiger charge is 2.05. The van der Waals surface area contributed by atoms with Crippen LogP contribution in [0.2, 0.25) is 5.02 Å². The van der Waals surface area contributed by atoms with E-state index in [1.54, 1.807) is 6.07 Å². The molecule has 0 aliphatic carbocycles. The second-order valence-electron chi connectivity index (χ2n) is 4.47. The monoisotopic (exact) mass is 317 g/mol. The van der Waals surface area contributed by atoms with Crippen LogP contribution >= 0.6 is 23.8 Å². The van der Waals surface area contributed by atoms with E-state index in [2.05, 4.69) is 15.6 Å². The molecule has 4 nitrogen and oxygen atoms in total. The molecule has 0 fully saturated rings.